The number of fused-ring (bicyclic) bond motifs is 1. The van der Waals surface area contributed by atoms with Crippen LogP contribution in [0.4, 0.5) is 0 Å². The standard InChI is InChI=1S/C13H9BrO3/c14-6-2-1-3-9-4-5-11-10(7-9)8-12(17-11)13(15)16/h4-5,7-8H,2,6H2,(H,15,16). The molecule has 86 valence electrons. The Balaban J connectivity index is 2.37. The average Bonchev–Trinajstić information content (AvgIpc) is 2.72. The number of rotatable bonds is 2. The number of furan rings is 1. The number of halogens is 1. The molecule has 0 spiro atoms. The summed E-state index contributed by atoms with van der Waals surface area (Å²) in [5.74, 6) is 4.90. The van der Waals surface area contributed by atoms with Crippen LogP contribution in [0, 0.1) is 11.8 Å². The topological polar surface area (TPSA) is 50.4 Å². The van der Waals surface area contributed by atoms with Crippen molar-refractivity contribution < 1.29 is 14.3 Å². The van der Waals surface area contributed by atoms with E-state index in [0.717, 1.165) is 22.7 Å². The fourth-order valence-electron chi connectivity index (χ4n) is 1.44. The molecule has 0 radical (unpaired) electrons. The minimum atomic E-state index is -1.06. The van der Waals surface area contributed by atoms with Gasteiger partial charge in [0, 0.05) is 22.7 Å². The molecule has 1 aromatic carbocycles. The fourth-order valence-corrected chi connectivity index (χ4v) is 1.64. The van der Waals surface area contributed by atoms with Gasteiger partial charge in [0.2, 0.25) is 5.76 Å². The van der Waals surface area contributed by atoms with Crippen molar-refractivity contribution in [3.8, 4) is 11.8 Å². The van der Waals surface area contributed by atoms with Crippen LogP contribution in [0.3, 0.4) is 0 Å². The summed E-state index contributed by atoms with van der Waals surface area (Å²) in [5, 5.41) is 10.4. The highest BCUT2D eigenvalue weighted by Crippen LogP contribution is 2.20. The number of alkyl halides is 1. The number of benzene rings is 1. The summed E-state index contributed by atoms with van der Waals surface area (Å²) >= 11 is 3.30. The number of carbonyl (C=O) groups is 1. The summed E-state index contributed by atoms with van der Waals surface area (Å²) in [7, 11) is 0. The molecule has 4 heteroatoms. The fraction of sp³-hybridized carbons (Fsp3) is 0.154. The van der Waals surface area contributed by atoms with Gasteiger partial charge < -0.3 is 9.52 Å². The number of carboxylic acids is 1. The number of carboxylic acid groups (broad SMARTS) is 1. The van der Waals surface area contributed by atoms with E-state index in [1.54, 1.807) is 6.07 Å². The van der Waals surface area contributed by atoms with Crippen LogP contribution in [-0.4, -0.2) is 16.4 Å². The molecule has 2 rings (SSSR count). The Bertz CT molecular complexity index is 616. The monoisotopic (exact) mass is 292 g/mol. The Morgan fingerprint density at radius 2 is 2.24 bits per heavy atom. The molecule has 0 bridgehead atoms. The third-order valence-corrected chi connectivity index (χ3v) is 2.58. The summed E-state index contributed by atoms with van der Waals surface area (Å²) in [6, 6.07) is 6.89. The molecule has 0 atom stereocenters. The molecule has 0 amide bonds. The molecular formula is C13H9BrO3. The van der Waals surface area contributed by atoms with Gasteiger partial charge >= 0.3 is 5.97 Å². The normalized spacial score (nSPS) is 9.94. The van der Waals surface area contributed by atoms with Crippen molar-refractivity contribution in [2.75, 3.05) is 5.33 Å². The van der Waals surface area contributed by atoms with E-state index in [2.05, 4.69) is 27.8 Å². The maximum Gasteiger partial charge on any atom is 0.371 e. The van der Waals surface area contributed by atoms with Crippen molar-refractivity contribution in [2.45, 2.75) is 6.42 Å². The zero-order valence-electron chi connectivity index (χ0n) is 8.87. The van der Waals surface area contributed by atoms with Crippen molar-refractivity contribution in [3.05, 3.63) is 35.6 Å². The SMILES string of the molecule is O=C(O)c1cc2cc(C#CCCBr)ccc2o1. The molecule has 1 aromatic heterocycles. The quantitative estimate of drug-likeness (QED) is 0.683. The van der Waals surface area contributed by atoms with Gasteiger partial charge in [-0.25, -0.2) is 4.79 Å². The van der Waals surface area contributed by atoms with E-state index in [-0.39, 0.29) is 5.76 Å². The lowest BCUT2D eigenvalue weighted by Gasteiger charge is -1.90. The van der Waals surface area contributed by atoms with E-state index in [4.69, 9.17) is 9.52 Å². The Morgan fingerprint density at radius 3 is 2.94 bits per heavy atom. The molecule has 0 saturated carbocycles. The van der Waals surface area contributed by atoms with Gasteiger partial charge in [0.05, 0.1) is 0 Å². The van der Waals surface area contributed by atoms with Gasteiger partial charge in [-0.2, -0.15) is 0 Å². The van der Waals surface area contributed by atoms with Crippen molar-refractivity contribution in [1.29, 1.82) is 0 Å². The molecule has 1 N–H and O–H groups in total. The summed E-state index contributed by atoms with van der Waals surface area (Å²) in [4.78, 5) is 10.7. The molecule has 0 unspecified atom stereocenters. The van der Waals surface area contributed by atoms with Crippen LogP contribution >= 0.6 is 15.9 Å². The first-order valence-corrected chi connectivity index (χ1v) is 6.14. The first-order chi connectivity index (χ1) is 8.20. The number of aromatic carboxylic acids is 1. The smallest absolute Gasteiger partial charge is 0.371 e. The maximum atomic E-state index is 10.7. The predicted octanol–water partition coefficient (Wildman–Crippen LogP) is 3.27. The molecule has 0 fully saturated rings. The van der Waals surface area contributed by atoms with E-state index < -0.39 is 5.97 Å². The van der Waals surface area contributed by atoms with Crippen molar-refractivity contribution in [3.63, 3.8) is 0 Å². The molecular weight excluding hydrogens is 284 g/mol. The largest absolute Gasteiger partial charge is 0.475 e. The van der Waals surface area contributed by atoms with E-state index >= 15 is 0 Å². The molecule has 0 aliphatic heterocycles. The zero-order chi connectivity index (χ0) is 12.3. The first-order valence-electron chi connectivity index (χ1n) is 5.02. The summed E-state index contributed by atoms with van der Waals surface area (Å²) in [5.41, 5.74) is 1.42. The third-order valence-electron chi connectivity index (χ3n) is 2.18. The summed E-state index contributed by atoms with van der Waals surface area (Å²) in [6.07, 6.45) is 0.782. The third kappa shape index (κ3) is 2.69. The average molecular weight is 293 g/mol. The van der Waals surface area contributed by atoms with E-state index in [1.807, 2.05) is 12.1 Å². The van der Waals surface area contributed by atoms with E-state index in [0.29, 0.717) is 5.58 Å². The van der Waals surface area contributed by atoms with Crippen molar-refractivity contribution in [2.24, 2.45) is 0 Å². The lowest BCUT2D eigenvalue weighted by molar-refractivity contribution is 0.0665. The highest BCUT2D eigenvalue weighted by Gasteiger charge is 2.09. The van der Waals surface area contributed by atoms with Crippen LogP contribution in [0.2, 0.25) is 0 Å². The van der Waals surface area contributed by atoms with Crippen LogP contribution in [0.25, 0.3) is 11.0 Å². The maximum absolute atomic E-state index is 10.7. The second-order valence-electron chi connectivity index (χ2n) is 3.41. The Labute approximate surface area is 107 Å². The Hall–Kier alpha value is -1.73. The van der Waals surface area contributed by atoms with Gasteiger partial charge in [-0.3, -0.25) is 0 Å². The molecule has 0 aliphatic carbocycles. The second-order valence-corrected chi connectivity index (χ2v) is 4.20. The summed E-state index contributed by atoms with van der Waals surface area (Å²) < 4.78 is 5.15. The van der Waals surface area contributed by atoms with Crippen LogP contribution in [0.5, 0.6) is 0 Å². The number of hydrogen-bond acceptors (Lipinski definition) is 2. The first kappa shape index (κ1) is 11.7. The molecule has 2 aromatic rings. The second kappa shape index (κ2) is 5.07. The van der Waals surface area contributed by atoms with Crippen LogP contribution in [-0.2, 0) is 0 Å². The zero-order valence-corrected chi connectivity index (χ0v) is 10.5. The minimum absolute atomic E-state index is 0.0504. The van der Waals surface area contributed by atoms with Crippen LogP contribution in [0.1, 0.15) is 22.5 Å². The van der Waals surface area contributed by atoms with Crippen molar-refractivity contribution >= 4 is 32.9 Å². The highest BCUT2D eigenvalue weighted by molar-refractivity contribution is 9.09. The molecule has 1 heterocycles. The van der Waals surface area contributed by atoms with Gasteiger partial charge in [0.1, 0.15) is 5.58 Å². The predicted molar refractivity (Wildman–Crippen MR) is 68.5 cm³/mol. The lowest BCUT2D eigenvalue weighted by Crippen LogP contribution is -1.91. The Morgan fingerprint density at radius 1 is 1.41 bits per heavy atom. The van der Waals surface area contributed by atoms with E-state index in [9.17, 15) is 4.79 Å². The van der Waals surface area contributed by atoms with Crippen molar-refractivity contribution in [1.82, 2.24) is 0 Å². The van der Waals surface area contributed by atoms with Gasteiger partial charge in [0.25, 0.3) is 0 Å². The molecule has 0 saturated heterocycles. The van der Waals surface area contributed by atoms with Gasteiger partial charge in [-0.15, -0.1) is 0 Å². The van der Waals surface area contributed by atoms with Gasteiger partial charge in [-0.1, -0.05) is 27.8 Å². The molecule has 17 heavy (non-hydrogen) atoms. The molecule has 3 nitrogen and oxygen atoms in total. The Kier molecular flexibility index (Phi) is 3.50. The van der Waals surface area contributed by atoms with Gasteiger partial charge in [-0.05, 0) is 24.3 Å². The summed E-state index contributed by atoms with van der Waals surface area (Å²) in [6.45, 7) is 0. The lowest BCUT2D eigenvalue weighted by atomic mass is 10.1. The number of hydrogen-bond donors (Lipinski definition) is 1. The minimum Gasteiger partial charge on any atom is -0.475 e. The molecule has 0 aliphatic rings. The van der Waals surface area contributed by atoms with Crippen LogP contribution < -0.4 is 0 Å². The highest BCUT2D eigenvalue weighted by atomic mass is 79.9. The van der Waals surface area contributed by atoms with Gasteiger partial charge in [0.15, 0.2) is 0 Å². The van der Waals surface area contributed by atoms with Crippen LogP contribution in [0.15, 0.2) is 28.7 Å². The van der Waals surface area contributed by atoms with E-state index in [1.165, 1.54) is 6.07 Å².